The molecule has 4 rings (SSSR count). The van der Waals surface area contributed by atoms with Crippen molar-refractivity contribution >= 4 is 23.6 Å². The third kappa shape index (κ3) is 3.99. The monoisotopic (exact) mass is 399 g/mol. The number of fused-ring (bicyclic) bond motifs is 1. The zero-order valence-corrected chi connectivity index (χ0v) is 16.3. The minimum absolute atomic E-state index is 0.172. The number of carboxylic acid groups (broad SMARTS) is 1. The lowest BCUT2D eigenvalue weighted by Gasteiger charge is -2.13. The largest absolute Gasteiger partial charge is 0.481 e. The van der Waals surface area contributed by atoms with Crippen molar-refractivity contribution in [3.8, 4) is 11.1 Å². The predicted molar refractivity (Wildman–Crippen MR) is 116 cm³/mol. The van der Waals surface area contributed by atoms with Crippen molar-refractivity contribution in [2.24, 2.45) is 5.73 Å². The highest BCUT2D eigenvalue weighted by atomic mass is 16.4. The van der Waals surface area contributed by atoms with Crippen LogP contribution in [0.2, 0.25) is 0 Å². The summed E-state index contributed by atoms with van der Waals surface area (Å²) in [6, 6.07) is 16.6. The quantitative estimate of drug-likeness (QED) is 0.587. The molecule has 0 saturated carbocycles. The number of carbonyl (C=O) groups is 2. The van der Waals surface area contributed by atoms with Crippen LogP contribution in [0.1, 0.15) is 32.9 Å². The molecule has 0 spiro atoms. The third-order valence-corrected chi connectivity index (χ3v) is 5.05. The van der Waals surface area contributed by atoms with E-state index in [0.717, 1.165) is 27.9 Å². The Kier molecular flexibility index (Phi) is 5.41. The van der Waals surface area contributed by atoms with Crippen LogP contribution in [0.5, 0.6) is 0 Å². The van der Waals surface area contributed by atoms with Gasteiger partial charge in [-0.1, -0.05) is 48.6 Å². The SMILES string of the molecule is NCc1cccc(-c2cc(C(=O)Nc3ccccc3CC(=O)O)nc3c2C=CC3)c1. The topological polar surface area (TPSA) is 105 Å². The van der Waals surface area contributed by atoms with Gasteiger partial charge in [0.05, 0.1) is 12.1 Å². The lowest BCUT2D eigenvalue weighted by atomic mass is 9.97. The Labute approximate surface area is 174 Å². The number of carboxylic acids is 1. The number of aliphatic carboxylic acids is 1. The minimum atomic E-state index is -0.958. The number of hydrogen-bond donors (Lipinski definition) is 3. The van der Waals surface area contributed by atoms with E-state index in [-0.39, 0.29) is 18.0 Å². The zero-order valence-electron chi connectivity index (χ0n) is 16.3. The van der Waals surface area contributed by atoms with Crippen LogP contribution in [0, 0.1) is 0 Å². The summed E-state index contributed by atoms with van der Waals surface area (Å²) in [7, 11) is 0. The molecular weight excluding hydrogens is 378 g/mol. The second-order valence-electron chi connectivity index (χ2n) is 7.11. The second kappa shape index (κ2) is 8.31. The number of nitrogens with one attached hydrogen (secondary N) is 1. The molecule has 1 aliphatic rings. The number of amides is 1. The molecule has 0 bridgehead atoms. The smallest absolute Gasteiger partial charge is 0.307 e. The Balaban J connectivity index is 1.71. The van der Waals surface area contributed by atoms with E-state index < -0.39 is 5.97 Å². The molecule has 0 saturated heterocycles. The van der Waals surface area contributed by atoms with E-state index in [1.165, 1.54) is 0 Å². The molecule has 0 unspecified atom stereocenters. The van der Waals surface area contributed by atoms with E-state index in [4.69, 9.17) is 10.8 Å². The summed E-state index contributed by atoms with van der Waals surface area (Å²) in [4.78, 5) is 28.7. The minimum Gasteiger partial charge on any atom is -0.481 e. The van der Waals surface area contributed by atoms with Crippen molar-refractivity contribution in [1.82, 2.24) is 4.98 Å². The molecule has 1 aromatic heterocycles. The van der Waals surface area contributed by atoms with E-state index in [0.29, 0.717) is 24.2 Å². The number of carbonyl (C=O) groups excluding carboxylic acids is 1. The molecule has 1 amide bonds. The highest BCUT2D eigenvalue weighted by Gasteiger charge is 2.19. The number of anilines is 1. The Morgan fingerprint density at radius 3 is 2.73 bits per heavy atom. The molecule has 1 aliphatic carbocycles. The Hall–Kier alpha value is -3.77. The Morgan fingerprint density at radius 1 is 1.10 bits per heavy atom. The van der Waals surface area contributed by atoms with Gasteiger partial charge in [0, 0.05) is 24.2 Å². The number of para-hydroxylation sites is 1. The van der Waals surface area contributed by atoms with Gasteiger partial charge in [0.15, 0.2) is 0 Å². The summed E-state index contributed by atoms with van der Waals surface area (Å²) in [6.45, 7) is 0.435. The number of nitrogens with zero attached hydrogens (tertiary/aromatic N) is 1. The molecule has 1 heterocycles. The lowest BCUT2D eigenvalue weighted by molar-refractivity contribution is -0.136. The highest BCUT2D eigenvalue weighted by molar-refractivity contribution is 6.04. The number of pyridine rings is 1. The number of rotatable bonds is 6. The zero-order chi connectivity index (χ0) is 21.1. The highest BCUT2D eigenvalue weighted by Crippen LogP contribution is 2.32. The van der Waals surface area contributed by atoms with E-state index in [1.807, 2.05) is 36.4 Å². The van der Waals surface area contributed by atoms with Crippen LogP contribution in [0.3, 0.4) is 0 Å². The Morgan fingerprint density at radius 2 is 1.93 bits per heavy atom. The average molecular weight is 399 g/mol. The van der Waals surface area contributed by atoms with Crippen molar-refractivity contribution in [2.45, 2.75) is 19.4 Å². The van der Waals surface area contributed by atoms with Crippen LogP contribution in [0.15, 0.2) is 60.7 Å². The maximum Gasteiger partial charge on any atom is 0.307 e. The predicted octanol–water partition coefficient (Wildman–Crippen LogP) is 3.66. The van der Waals surface area contributed by atoms with Gasteiger partial charge in [-0.15, -0.1) is 0 Å². The van der Waals surface area contributed by atoms with E-state index in [9.17, 15) is 9.59 Å². The summed E-state index contributed by atoms with van der Waals surface area (Å²) >= 11 is 0. The van der Waals surface area contributed by atoms with Crippen molar-refractivity contribution in [3.05, 3.63) is 88.8 Å². The van der Waals surface area contributed by atoms with Crippen LogP contribution < -0.4 is 11.1 Å². The van der Waals surface area contributed by atoms with Gasteiger partial charge >= 0.3 is 5.97 Å². The normalized spacial score (nSPS) is 11.9. The van der Waals surface area contributed by atoms with E-state index in [1.54, 1.807) is 30.3 Å². The molecule has 6 heteroatoms. The number of hydrogen-bond acceptors (Lipinski definition) is 4. The molecule has 0 radical (unpaired) electrons. The first kappa shape index (κ1) is 19.5. The molecule has 2 aromatic carbocycles. The van der Waals surface area contributed by atoms with Gasteiger partial charge in [-0.3, -0.25) is 9.59 Å². The molecule has 3 aromatic rings. The van der Waals surface area contributed by atoms with Crippen molar-refractivity contribution in [3.63, 3.8) is 0 Å². The summed E-state index contributed by atoms with van der Waals surface area (Å²) in [6.07, 6.45) is 4.54. The fourth-order valence-corrected chi connectivity index (χ4v) is 3.60. The molecule has 0 atom stereocenters. The second-order valence-corrected chi connectivity index (χ2v) is 7.11. The van der Waals surface area contributed by atoms with E-state index in [2.05, 4.69) is 10.3 Å². The van der Waals surface area contributed by atoms with Gasteiger partial charge in [-0.25, -0.2) is 4.98 Å². The molecule has 150 valence electrons. The van der Waals surface area contributed by atoms with Crippen molar-refractivity contribution < 1.29 is 14.7 Å². The number of allylic oxidation sites excluding steroid dienone is 1. The first-order chi connectivity index (χ1) is 14.5. The van der Waals surface area contributed by atoms with E-state index >= 15 is 0 Å². The van der Waals surface area contributed by atoms with Crippen molar-refractivity contribution in [2.75, 3.05) is 5.32 Å². The third-order valence-electron chi connectivity index (χ3n) is 5.05. The van der Waals surface area contributed by atoms with Gasteiger partial charge in [-0.2, -0.15) is 0 Å². The molecule has 4 N–H and O–H groups in total. The van der Waals surface area contributed by atoms with Gasteiger partial charge in [-0.05, 0) is 40.5 Å². The first-order valence-corrected chi connectivity index (χ1v) is 9.66. The Bertz CT molecular complexity index is 1170. The molecule has 6 nitrogen and oxygen atoms in total. The van der Waals surface area contributed by atoms with Gasteiger partial charge in [0.2, 0.25) is 0 Å². The number of benzene rings is 2. The average Bonchev–Trinajstić information content (AvgIpc) is 3.23. The first-order valence-electron chi connectivity index (χ1n) is 9.66. The lowest BCUT2D eigenvalue weighted by Crippen LogP contribution is -2.17. The van der Waals surface area contributed by atoms with Crippen LogP contribution in [-0.4, -0.2) is 22.0 Å². The summed E-state index contributed by atoms with van der Waals surface area (Å²) in [5.74, 6) is -1.33. The maximum atomic E-state index is 13.0. The molecular formula is C24H21N3O3. The standard InChI is InChI=1S/C24H21N3O3/c25-14-15-5-3-7-16(11-15)19-13-22(26-21-10-4-8-18(19)21)24(30)27-20-9-2-1-6-17(20)12-23(28)29/h1-9,11,13H,10,12,14,25H2,(H,27,30)(H,28,29). The van der Waals surface area contributed by atoms with Gasteiger partial charge in [0.1, 0.15) is 5.69 Å². The van der Waals surface area contributed by atoms with Crippen LogP contribution in [-0.2, 0) is 24.2 Å². The summed E-state index contributed by atoms with van der Waals surface area (Å²) in [5.41, 5.74) is 11.8. The molecule has 0 fully saturated rings. The van der Waals surface area contributed by atoms with Crippen molar-refractivity contribution in [1.29, 1.82) is 0 Å². The molecule has 0 aliphatic heterocycles. The van der Waals surface area contributed by atoms with Crippen LogP contribution in [0.25, 0.3) is 17.2 Å². The number of aromatic nitrogens is 1. The molecule has 30 heavy (non-hydrogen) atoms. The van der Waals surface area contributed by atoms with Crippen LogP contribution >= 0.6 is 0 Å². The fourth-order valence-electron chi connectivity index (χ4n) is 3.60. The maximum absolute atomic E-state index is 13.0. The van der Waals surface area contributed by atoms with Crippen LogP contribution in [0.4, 0.5) is 5.69 Å². The van der Waals surface area contributed by atoms with Gasteiger partial charge < -0.3 is 16.2 Å². The summed E-state index contributed by atoms with van der Waals surface area (Å²) < 4.78 is 0. The number of nitrogens with two attached hydrogens (primary N) is 1. The fraction of sp³-hybridized carbons (Fsp3) is 0.125. The van der Waals surface area contributed by atoms with Gasteiger partial charge in [0.25, 0.3) is 5.91 Å². The summed E-state index contributed by atoms with van der Waals surface area (Å²) in [5, 5.41) is 11.9.